The molecule has 1 amide bonds. The highest BCUT2D eigenvalue weighted by Gasteiger charge is 2.30. The van der Waals surface area contributed by atoms with Crippen molar-refractivity contribution in [2.24, 2.45) is 0 Å². The Balaban J connectivity index is 2.02. The second-order valence-electron chi connectivity index (χ2n) is 6.99. The van der Waals surface area contributed by atoms with E-state index in [2.05, 4.69) is 15.6 Å². The first-order chi connectivity index (χ1) is 11.3. The number of nitrogens with one attached hydrogen (secondary N) is 2. The lowest BCUT2D eigenvalue weighted by Crippen LogP contribution is -2.51. The molecule has 1 unspecified atom stereocenters. The van der Waals surface area contributed by atoms with E-state index in [0.717, 1.165) is 25.9 Å². The molecule has 0 saturated carbocycles. The highest BCUT2D eigenvalue weighted by atomic mass is 16.6. The van der Waals surface area contributed by atoms with E-state index in [9.17, 15) is 9.90 Å². The van der Waals surface area contributed by atoms with Gasteiger partial charge in [-0.25, -0.2) is 9.78 Å². The lowest BCUT2D eigenvalue weighted by atomic mass is 10.1. The van der Waals surface area contributed by atoms with Crippen LogP contribution in [-0.4, -0.2) is 58.6 Å². The largest absolute Gasteiger partial charge is 0.444 e. The summed E-state index contributed by atoms with van der Waals surface area (Å²) in [7, 11) is 0. The Bertz CT molecular complexity index is 512. The third kappa shape index (κ3) is 5.98. The van der Waals surface area contributed by atoms with Crippen LogP contribution < -0.4 is 10.6 Å². The molecule has 2 rings (SSSR count). The highest BCUT2D eigenvalue weighted by molar-refractivity contribution is 5.68. The van der Waals surface area contributed by atoms with Crippen molar-refractivity contribution in [3.05, 3.63) is 24.4 Å². The van der Waals surface area contributed by atoms with Gasteiger partial charge in [0.1, 0.15) is 17.6 Å². The first-order valence-corrected chi connectivity index (χ1v) is 8.41. The number of nitrogens with zero attached hydrogens (tertiary/aromatic N) is 2. The van der Waals surface area contributed by atoms with Crippen LogP contribution in [0.1, 0.15) is 33.6 Å². The van der Waals surface area contributed by atoms with Crippen LogP contribution in [0.3, 0.4) is 0 Å². The van der Waals surface area contributed by atoms with Crippen molar-refractivity contribution in [3.8, 4) is 0 Å². The number of aliphatic hydroxyl groups excluding tert-OH is 1. The first-order valence-electron chi connectivity index (χ1n) is 8.41. The van der Waals surface area contributed by atoms with Crippen molar-refractivity contribution >= 4 is 11.9 Å². The third-order valence-electron chi connectivity index (χ3n) is 3.73. The van der Waals surface area contributed by atoms with Crippen LogP contribution in [0.2, 0.25) is 0 Å². The zero-order valence-electron chi connectivity index (χ0n) is 14.7. The summed E-state index contributed by atoms with van der Waals surface area (Å²) in [4.78, 5) is 18.3. The number of ether oxygens (including phenoxy) is 1. The zero-order valence-corrected chi connectivity index (χ0v) is 14.7. The van der Waals surface area contributed by atoms with Crippen molar-refractivity contribution in [1.82, 2.24) is 15.2 Å². The minimum absolute atomic E-state index is 0.0567. The lowest BCUT2D eigenvalue weighted by Gasteiger charge is -2.36. The van der Waals surface area contributed by atoms with E-state index in [-0.39, 0.29) is 12.6 Å². The maximum absolute atomic E-state index is 12.6. The fourth-order valence-corrected chi connectivity index (χ4v) is 2.66. The maximum Gasteiger partial charge on any atom is 0.410 e. The summed E-state index contributed by atoms with van der Waals surface area (Å²) in [5, 5.41) is 16.5. The molecule has 24 heavy (non-hydrogen) atoms. The molecule has 3 N–H and O–H groups in total. The number of hydrogen-bond donors (Lipinski definition) is 3. The molecule has 0 spiro atoms. The normalized spacial score (nSPS) is 17.2. The standard InChI is InChI=1S/C17H28N4O3/c1-17(2,3)24-16(23)21(13-7-10-18-11-8-13)12-15(22)20-14-6-4-5-9-19-14/h4-6,9,13,15,18,22H,7-8,10-12H2,1-3H3,(H,19,20). The van der Waals surface area contributed by atoms with Crippen molar-refractivity contribution in [3.63, 3.8) is 0 Å². The topological polar surface area (TPSA) is 86.7 Å². The van der Waals surface area contributed by atoms with Crippen LogP contribution in [-0.2, 0) is 4.74 Å². The Morgan fingerprint density at radius 2 is 2.17 bits per heavy atom. The first kappa shape index (κ1) is 18.5. The Hall–Kier alpha value is -1.86. The van der Waals surface area contributed by atoms with Gasteiger partial charge in [0.05, 0.1) is 6.54 Å². The summed E-state index contributed by atoms with van der Waals surface area (Å²) in [6, 6.07) is 5.47. The fraction of sp³-hybridized carbons (Fsp3) is 0.647. The SMILES string of the molecule is CC(C)(C)OC(=O)N(CC(O)Nc1ccccn1)C1CCNCC1. The van der Waals surface area contributed by atoms with E-state index >= 15 is 0 Å². The van der Waals surface area contributed by atoms with E-state index in [1.54, 1.807) is 23.2 Å². The lowest BCUT2D eigenvalue weighted by molar-refractivity contribution is 0.00293. The average Bonchev–Trinajstić information content (AvgIpc) is 2.52. The summed E-state index contributed by atoms with van der Waals surface area (Å²) >= 11 is 0. The van der Waals surface area contributed by atoms with Crippen molar-refractivity contribution < 1.29 is 14.6 Å². The third-order valence-corrected chi connectivity index (χ3v) is 3.73. The second-order valence-corrected chi connectivity index (χ2v) is 6.99. The van der Waals surface area contributed by atoms with E-state index in [0.29, 0.717) is 5.82 Å². The summed E-state index contributed by atoms with van der Waals surface area (Å²) in [5.41, 5.74) is -0.568. The molecule has 7 heteroatoms. The van der Waals surface area contributed by atoms with Crippen molar-refractivity contribution in [1.29, 1.82) is 0 Å². The molecule has 1 aliphatic rings. The molecule has 0 aromatic carbocycles. The number of rotatable bonds is 5. The molecule has 0 radical (unpaired) electrons. The van der Waals surface area contributed by atoms with Crippen LogP contribution in [0.15, 0.2) is 24.4 Å². The van der Waals surface area contributed by atoms with Crippen LogP contribution in [0.4, 0.5) is 10.6 Å². The number of piperidine rings is 1. The molecule has 1 fully saturated rings. The maximum atomic E-state index is 12.6. The van der Waals surface area contributed by atoms with Gasteiger partial charge in [0.15, 0.2) is 0 Å². The van der Waals surface area contributed by atoms with Gasteiger partial charge in [0.2, 0.25) is 0 Å². The predicted octanol–water partition coefficient (Wildman–Crippen LogP) is 1.80. The molecular formula is C17H28N4O3. The van der Waals surface area contributed by atoms with E-state index in [1.807, 2.05) is 26.8 Å². The molecule has 1 saturated heterocycles. The number of carbonyl (C=O) groups is 1. The molecule has 2 heterocycles. The highest BCUT2D eigenvalue weighted by Crippen LogP contribution is 2.18. The van der Waals surface area contributed by atoms with Crippen LogP contribution in [0.5, 0.6) is 0 Å². The monoisotopic (exact) mass is 336 g/mol. The van der Waals surface area contributed by atoms with E-state index in [4.69, 9.17) is 4.74 Å². The van der Waals surface area contributed by atoms with Crippen LogP contribution in [0.25, 0.3) is 0 Å². The molecule has 0 bridgehead atoms. The number of hydrogen-bond acceptors (Lipinski definition) is 6. The molecule has 7 nitrogen and oxygen atoms in total. The van der Waals surface area contributed by atoms with Gasteiger partial charge in [-0.05, 0) is 58.8 Å². The summed E-state index contributed by atoms with van der Waals surface area (Å²) in [6.45, 7) is 7.38. The van der Waals surface area contributed by atoms with Gasteiger partial charge in [-0.2, -0.15) is 0 Å². The zero-order chi connectivity index (χ0) is 17.6. The smallest absolute Gasteiger partial charge is 0.410 e. The number of amides is 1. The van der Waals surface area contributed by atoms with Crippen LogP contribution in [0, 0.1) is 0 Å². The van der Waals surface area contributed by atoms with E-state index < -0.39 is 17.9 Å². The fourth-order valence-electron chi connectivity index (χ4n) is 2.66. The van der Waals surface area contributed by atoms with Crippen molar-refractivity contribution in [2.75, 3.05) is 25.0 Å². The van der Waals surface area contributed by atoms with Gasteiger partial charge in [0.25, 0.3) is 0 Å². The number of aromatic nitrogens is 1. The average molecular weight is 336 g/mol. The Morgan fingerprint density at radius 3 is 2.75 bits per heavy atom. The Morgan fingerprint density at radius 1 is 1.46 bits per heavy atom. The van der Waals surface area contributed by atoms with Gasteiger partial charge < -0.3 is 25.4 Å². The Labute approximate surface area is 143 Å². The molecule has 1 aliphatic heterocycles. The summed E-state index contributed by atoms with van der Waals surface area (Å²) in [6.07, 6.45) is 2.03. The van der Waals surface area contributed by atoms with Gasteiger partial charge in [-0.1, -0.05) is 6.07 Å². The number of aliphatic hydroxyl groups is 1. The predicted molar refractivity (Wildman–Crippen MR) is 92.7 cm³/mol. The van der Waals surface area contributed by atoms with Gasteiger partial charge in [-0.15, -0.1) is 0 Å². The second kappa shape index (κ2) is 8.30. The van der Waals surface area contributed by atoms with Crippen molar-refractivity contribution in [2.45, 2.75) is 51.5 Å². The molecular weight excluding hydrogens is 308 g/mol. The molecule has 0 aliphatic carbocycles. The van der Waals surface area contributed by atoms with Gasteiger partial charge >= 0.3 is 6.09 Å². The van der Waals surface area contributed by atoms with E-state index in [1.165, 1.54) is 0 Å². The summed E-state index contributed by atoms with van der Waals surface area (Å²) < 4.78 is 5.52. The quantitative estimate of drug-likeness (QED) is 0.711. The molecule has 134 valence electrons. The van der Waals surface area contributed by atoms with Gasteiger partial charge in [-0.3, -0.25) is 0 Å². The molecule has 1 aromatic heterocycles. The molecule has 1 atom stereocenters. The number of carbonyl (C=O) groups excluding carboxylic acids is 1. The summed E-state index contributed by atoms with van der Waals surface area (Å²) in [5.74, 6) is 0.569. The molecule has 1 aromatic rings. The van der Waals surface area contributed by atoms with Gasteiger partial charge in [0, 0.05) is 12.2 Å². The number of pyridine rings is 1. The number of anilines is 1. The minimum Gasteiger partial charge on any atom is -0.444 e. The minimum atomic E-state index is -0.915. The van der Waals surface area contributed by atoms with Crippen LogP contribution >= 0.6 is 0 Å². The Kier molecular flexibility index (Phi) is 6.39.